The summed E-state index contributed by atoms with van der Waals surface area (Å²) in [5.41, 5.74) is -0.180. The molecule has 144 valence electrons. The van der Waals surface area contributed by atoms with E-state index in [2.05, 4.69) is 28.7 Å². The Bertz CT molecular complexity index is 778. The predicted molar refractivity (Wildman–Crippen MR) is 100 cm³/mol. The topological polar surface area (TPSA) is 86.1 Å². The third kappa shape index (κ3) is 3.42. The summed E-state index contributed by atoms with van der Waals surface area (Å²) in [5, 5.41) is 9.53. The number of pyridine rings is 1. The SMILES string of the molecule is CC1(C)CC1C(=O)N1CCN(/C(=N/C2(C(=O)O)CC2)c2ccccn2)CC1. The van der Waals surface area contributed by atoms with Gasteiger partial charge in [-0.05, 0) is 36.8 Å². The maximum atomic E-state index is 12.6. The summed E-state index contributed by atoms with van der Waals surface area (Å²) >= 11 is 0. The van der Waals surface area contributed by atoms with Gasteiger partial charge in [-0.1, -0.05) is 19.9 Å². The van der Waals surface area contributed by atoms with E-state index in [1.165, 1.54) is 0 Å². The van der Waals surface area contributed by atoms with Gasteiger partial charge < -0.3 is 14.9 Å². The van der Waals surface area contributed by atoms with Gasteiger partial charge in [-0.15, -0.1) is 0 Å². The summed E-state index contributed by atoms with van der Waals surface area (Å²) in [6, 6.07) is 5.58. The first kappa shape index (κ1) is 17.9. The van der Waals surface area contributed by atoms with Gasteiger partial charge in [0.25, 0.3) is 0 Å². The summed E-state index contributed by atoms with van der Waals surface area (Å²) in [7, 11) is 0. The maximum absolute atomic E-state index is 12.6. The fourth-order valence-electron chi connectivity index (χ4n) is 3.73. The van der Waals surface area contributed by atoms with Crippen LogP contribution in [0.3, 0.4) is 0 Å². The van der Waals surface area contributed by atoms with E-state index in [4.69, 9.17) is 0 Å². The first-order chi connectivity index (χ1) is 12.8. The first-order valence-electron chi connectivity index (χ1n) is 9.61. The molecule has 27 heavy (non-hydrogen) atoms. The van der Waals surface area contributed by atoms with Crippen molar-refractivity contribution in [2.75, 3.05) is 26.2 Å². The Balaban J connectivity index is 1.50. The Kier molecular flexibility index (Phi) is 4.20. The minimum atomic E-state index is -1.00. The van der Waals surface area contributed by atoms with E-state index in [1.54, 1.807) is 6.20 Å². The normalized spacial score (nSPS) is 25.9. The van der Waals surface area contributed by atoms with Gasteiger partial charge in [0.2, 0.25) is 5.91 Å². The molecule has 7 heteroatoms. The van der Waals surface area contributed by atoms with Gasteiger partial charge in [-0.3, -0.25) is 9.78 Å². The molecule has 1 unspecified atom stereocenters. The molecule has 0 bridgehead atoms. The highest BCUT2D eigenvalue weighted by molar-refractivity contribution is 6.00. The minimum Gasteiger partial charge on any atom is -0.479 e. The molecule has 2 aliphatic carbocycles. The van der Waals surface area contributed by atoms with Crippen molar-refractivity contribution in [2.24, 2.45) is 16.3 Å². The number of carbonyl (C=O) groups is 2. The molecule has 1 saturated heterocycles. The van der Waals surface area contributed by atoms with Crippen LogP contribution in [-0.4, -0.2) is 69.3 Å². The number of aliphatic carboxylic acids is 1. The smallest absolute Gasteiger partial charge is 0.331 e. The number of carboxylic acids is 1. The van der Waals surface area contributed by atoms with Crippen LogP contribution < -0.4 is 0 Å². The number of nitrogens with zero attached hydrogens (tertiary/aromatic N) is 4. The van der Waals surface area contributed by atoms with Crippen LogP contribution >= 0.6 is 0 Å². The molecule has 2 saturated carbocycles. The number of aliphatic imine (C=N–C) groups is 1. The van der Waals surface area contributed by atoms with Crippen LogP contribution in [0.4, 0.5) is 0 Å². The zero-order chi connectivity index (χ0) is 19.2. The molecule has 3 aliphatic rings. The van der Waals surface area contributed by atoms with E-state index in [1.807, 2.05) is 23.1 Å². The molecule has 0 radical (unpaired) electrons. The summed E-state index contributed by atoms with van der Waals surface area (Å²) in [6.07, 6.45) is 3.79. The molecular formula is C20H26N4O3. The number of aromatic nitrogens is 1. The van der Waals surface area contributed by atoms with Crippen LogP contribution in [0.1, 0.15) is 38.8 Å². The highest BCUT2D eigenvalue weighted by Crippen LogP contribution is 2.52. The Morgan fingerprint density at radius 3 is 2.26 bits per heavy atom. The van der Waals surface area contributed by atoms with E-state index in [-0.39, 0.29) is 17.2 Å². The first-order valence-corrected chi connectivity index (χ1v) is 9.61. The highest BCUT2D eigenvalue weighted by Gasteiger charge is 2.53. The van der Waals surface area contributed by atoms with Gasteiger partial charge in [0.1, 0.15) is 5.69 Å². The van der Waals surface area contributed by atoms with Gasteiger partial charge in [-0.25, -0.2) is 9.79 Å². The molecule has 1 atom stereocenters. The minimum absolute atomic E-state index is 0.134. The summed E-state index contributed by atoms with van der Waals surface area (Å²) < 4.78 is 0. The molecule has 4 rings (SSSR count). The number of carbonyl (C=O) groups excluding carboxylic acids is 1. The fraction of sp³-hybridized carbons (Fsp3) is 0.600. The van der Waals surface area contributed by atoms with Gasteiger partial charge >= 0.3 is 5.97 Å². The third-order valence-corrected chi connectivity index (χ3v) is 6.04. The second kappa shape index (κ2) is 6.32. The van der Waals surface area contributed by atoms with Crippen LogP contribution in [0.5, 0.6) is 0 Å². The van der Waals surface area contributed by atoms with Crippen LogP contribution in [-0.2, 0) is 9.59 Å². The van der Waals surface area contributed by atoms with Crippen LogP contribution in [0.2, 0.25) is 0 Å². The van der Waals surface area contributed by atoms with E-state index < -0.39 is 11.5 Å². The average Bonchev–Trinajstić information content (AvgIpc) is 3.57. The summed E-state index contributed by atoms with van der Waals surface area (Å²) in [6.45, 7) is 6.83. The largest absolute Gasteiger partial charge is 0.479 e. The van der Waals surface area contributed by atoms with Crippen molar-refractivity contribution < 1.29 is 14.7 Å². The summed E-state index contributed by atoms with van der Waals surface area (Å²) in [5.74, 6) is 0.157. The zero-order valence-electron chi connectivity index (χ0n) is 15.9. The average molecular weight is 370 g/mol. The second-order valence-corrected chi connectivity index (χ2v) is 8.54. The number of hydrogen-bond donors (Lipinski definition) is 1. The molecule has 3 fully saturated rings. The Hall–Kier alpha value is -2.44. The lowest BCUT2D eigenvalue weighted by Gasteiger charge is -2.37. The lowest BCUT2D eigenvalue weighted by Crippen LogP contribution is -2.52. The summed E-state index contributed by atoms with van der Waals surface area (Å²) in [4.78, 5) is 37.3. The number of rotatable bonds is 4. The number of amidine groups is 1. The van der Waals surface area contributed by atoms with Crippen molar-refractivity contribution in [3.63, 3.8) is 0 Å². The lowest BCUT2D eigenvalue weighted by molar-refractivity contribution is -0.139. The molecule has 1 aromatic rings. The quantitative estimate of drug-likeness (QED) is 0.643. The Morgan fingerprint density at radius 1 is 1.15 bits per heavy atom. The highest BCUT2D eigenvalue weighted by atomic mass is 16.4. The molecule has 1 aromatic heterocycles. The molecule has 0 aromatic carbocycles. The van der Waals surface area contributed by atoms with E-state index in [0.717, 1.165) is 6.42 Å². The molecule has 1 amide bonds. The lowest BCUT2D eigenvalue weighted by atomic mass is 10.1. The molecule has 0 spiro atoms. The van der Waals surface area contributed by atoms with E-state index >= 15 is 0 Å². The standard InChI is InChI=1S/C20H26N4O3/c1-19(2)13-14(19)17(25)24-11-9-23(10-12-24)16(15-5-3-4-8-21-15)22-20(6-7-20)18(26)27/h3-5,8,14H,6-7,9-13H2,1-2H3,(H,26,27)/b22-16+. The van der Waals surface area contributed by atoms with Crippen LogP contribution in [0.25, 0.3) is 0 Å². The zero-order valence-corrected chi connectivity index (χ0v) is 15.9. The molecule has 2 heterocycles. The van der Waals surface area contributed by atoms with Crippen molar-refractivity contribution >= 4 is 17.7 Å². The van der Waals surface area contributed by atoms with Crippen LogP contribution in [0.15, 0.2) is 29.4 Å². The molecule has 1 N–H and O–H groups in total. The number of hydrogen-bond acceptors (Lipinski definition) is 4. The Labute approximate surface area is 159 Å². The molecular weight excluding hydrogens is 344 g/mol. The van der Waals surface area contributed by atoms with Gasteiger partial charge in [0, 0.05) is 38.3 Å². The number of carboxylic acid groups (broad SMARTS) is 1. The van der Waals surface area contributed by atoms with Crippen molar-refractivity contribution in [3.8, 4) is 0 Å². The maximum Gasteiger partial charge on any atom is 0.331 e. The molecule has 1 aliphatic heterocycles. The van der Waals surface area contributed by atoms with Gasteiger partial charge in [0.05, 0.1) is 0 Å². The third-order valence-electron chi connectivity index (χ3n) is 6.04. The second-order valence-electron chi connectivity index (χ2n) is 8.54. The predicted octanol–water partition coefficient (Wildman–Crippen LogP) is 1.64. The fourth-order valence-corrected chi connectivity index (χ4v) is 3.73. The van der Waals surface area contributed by atoms with E-state index in [0.29, 0.717) is 50.6 Å². The van der Waals surface area contributed by atoms with Crippen molar-refractivity contribution in [1.82, 2.24) is 14.8 Å². The van der Waals surface area contributed by atoms with Crippen LogP contribution in [0, 0.1) is 11.3 Å². The van der Waals surface area contributed by atoms with Crippen molar-refractivity contribution in [3.05, 3.63) is 30.1 Å². The van der Waals surface area contributed by atoms with Gasteiger partial charge in [-0.2, -0.15) is 0 Å². The number of amides is 1. The van der Waals surface area contributed by atoms with Gasteiger partial charge in [0.15, 0.2) is 11.4 Å². The molecule has 7 nitrogen and oxygen atoms in total. The monoisotopic (exact) mass is 370 g/mol. The number of piperazine rings is 1. The Morgan fingerprint density at radius 2 is 1.78 bits per heavy atom. The van der Waals surface area contributed by atoms with Crippen molar-refractivity contribution in [1.29, 1.82) is 0 Å². The van der Waals surface area contributed by atoms with E-state index in [9.17, 15) is 14.7 Å². The van der Waals surface area contributed by atoms with Crippen molar-refractivity contribution in [2.45, 2.75) is 38.6 Å².